The third kappa shape index (κ3) is 6.60. The molecule has 0 bridgehead atoms. The highest BCUT2D eigenvalue weighted by molar-refractivity contribution is 6.07. The normalized spacial score (nSPS) is 15.4. The van der Waals surface area contributed by atoms with Crippen LogP contribution in [0.3, 0.4) is 0 Å². The number of nitrogens with one attached hydrogen (secondary N) is 3. The number of pyridine rings is 1. The number of alkyl halides is 3. The summed E-state index contributed by atoms with van der Waals surface area (Å²) in [7, 11) is 1.69. The zero-order chi connectivity index (χ0) is 25.5. The second-order valence-electron chi connectivity index (χ2n) is 8.02. The summed E-state index contributed by atoms with van der Waals surface area (Å²) in [5.41, 5.74) is -0.186. The van der Waals surface area contributed by atoms with Gasteiger partial charge in [0.1, 0.15) is 18.2 Å². The maximum absolute atomic E-state index is 13.5. The van der Waals surface area contributed by atoms with Crippen LogP contribution < -0.4 is 20.7 Å². The molecule has 2 aromatic heterocycles. The monoisotopic (exact) mass is 502 g/mol. The van der Waals surface area contributed by atoms with Crippen LogP contribution in [0, 0.1) is 0 Å². The van der Waals surface area contributed by atoms with Crippen molar-refractivity contribution in [2.75, 3.05) is 36.2 Å². The summed E-state index contributed by atoms with van der Waals surface area (Å²) in [5.74, 6) is 0.0506. The number of benzene rings is 1. The molecule has 1 saturated heterocycles. The maximum Gasteiger partial charge on any atom is 0.416 e. The van der Waals surface area contributed by atoms with Crippen molar-refractivity contribution in [2.45, 2.75) is 31.7 Å². The lowest BCUT2D eigenvalue weighted by molar-refractivity contribution is -0.137. The van der Waals surface area contributed by atoms with Gasteiger partial charge in [-0.2, -0.15) is 13.2 Å². The highest BCUT2D eigenvalue weighted by Gasteiger charge is 2.32. The van der Waals surface area contributed by atoms with Gasteiger partial charge in [0, 0.05) is 37.8 Å². The molecule has 190 valence electrons. The Balaban J connectivity index is 1.50. The SMILES string of the molecule is CNc1nccc(CNc2ncccc2C(=O)Nc2cc(OC[C@@H]3CCCO3)cc(C(F)(F)F)c2)n1. The molecule has 1 amide bonds. The van der Waals surface area contributed by atoms with Crippen LogP contribution in [0.5, 0.6) is 5.75 Å². The van der Waals surface area contributed by atoms with E-state index in [1.807, 2.05) is 0 Å². The number of ether oxygens (including phenoxy) is 2. The number of carbonyl (C=O) groups excluding carboxylic acids is 1. The molecule has 0 spiro atoms. The van der Waals surface area contributed by atoms with Crippen LogP contribution >= 0.6 is 0 Å². The molecule has 1 fully saturated rings. The summed E-state index contributed by atoms with van der Waals surface area (Å²) in [5, 5.41) is 8.41. The summed E-state index contributed by atoms with van der Waals surface area (Å²) in [6, 6.07) is 7.91. The number of nitrogens with zero attached hydrogens (tertiary/aromatic N) is 3. The molecule has 0 saturated carbocycles. The Kier molecular flexibility index (Phi) is 7.84. The van der Waals surface area contributed by atoms with E-state index in [4.69, 9.17) is 9.47 Å². The fourth-order valence-electron chi connectivity index (χ4n) is 3.60. The predicted octanol–water partition coefficient (Wildman–Crippen LogP) is 4.35. The Labute approximate surface area is 205 Å². The number of halogens is 3. The lowest BCUT2D eigenvalue weighted by Gasteiger charge is -2.16. The third-order valence-electron chi connectivity index (χ3n) is 5.38. The average molecular weight is 502 g/mol. The van der Waals surface area contributed by atoms with E-state index in [2.05, 4.69) is 30.9 Å². The minimum absolute atomic E-state index is 0.00994. The number of carbonyl (C=O) groups is 1. The fraction of sp³-hybridized carbons (Fsp3) is 0.333. The highest BCUT2D eigenvalue weighted by atomic mass is 19.4. The van der Waals surface area contributed by atoms with Gasteiger partial charge in [-0.25, -0.2) is 15.0 Å². The van der Waals surface area contributed by atoms with Crippen LogP contribution in [-0.2, 0) is 17.5 Å². The summed E-state index contributed by atoms with van der Waals surface area (Å²) in [4.78, 5) is 25.6. The van der Waals surface area contributed by atoms with Crippen molar-refractivity contribution >= 4 is 23.4 Å². The average Bonchev–Trinajstić information content (AvgIpc) is 3.40. The Bertz CT molecular complexity index is 1200. The molecule has 3 heterocycles. The van der Waals surface area contributed by atoms with Crippen molar-refractivity contribution in [1.29, 1.82) is 0 Å². The molecule has 3 aromatic rings. The largest absolute Gasteiger partial charge is 0.491 e. The van der Waals surface area contributed by atoms with Gasteiger partial charge >= 0.3 is 6.18 Å². The minimum Gasteiger partial charge on any atom is -0.491 e. The molecule has 12 heteroatoms. The van der Waals surface area contributed by atoms with E-state index in [0.29, 0.717) is 18.2 Å². The first kappa shape index (κ1) is 25.2. The molecule has 0 unspecified atom stereocenters. The number of rotatable bonds is 9. The number of aromatic nitrogens is 3. The Morgan fingerprint density at radius 2 is 2.06 bits per heavy atom. The lowest BCUT2D eigenvalue weighted by atomic mass is 10.1. The minimum atomic E-state index is -4.62. The number of hydrogen-bond acceptors (Lipinski definition) is 8. The van der Waals surface area contributed by atoms with Crippen LogP contribution in [0.25, 0.3) is 0 Å². The number of anilines is 3. The van der Waals surface area contributed by atoms with Crippen molar-refractivity contribution in [3.63, 3.8) is 0 Å². The first-order valence-corrected chi connectivity index (χ1v) is 11.3. The lowest BCUT2D eigenvalue weighted by Crippen LogP contribution is -2.18. The molecule has 1 aliphatic heterocycles. The molecule has 0 aliphatic carbocycles. The van der Waals surface area contributed by atoms with Crippen LogP contribution in [0.4, 0.5) is 30.6 Å². The summed E-state index contributed by atoms with van der Waals surface area (Å²) >= 11 is 0. The Hall–Kier alpha value is -3.93. The van der Waals surface area contributed by atoms with Gasteiger partial charge in [0.25, 0.3) is 5.91 Å². The predicted molar refractivity (Wildman–Crippen MR) is 127 cm³/mol. The van der Waals surface area contributed by atoms with Crippen molar-refractivity contribution in [3.05, 3.63) is 65.6 Å². The first-order valence-electron chi connectivity index (χ1n) is 11.3. The van der Waals surface area contributed by atoms with E-state index in [1.165, 1.54) is 18.3 Å². The van der Waals surface area contributed by atoms with Crippen LogP contribution in [0.15, 0.2) is 48.8 Å². The van der Waals surface area contributed by atoms with E-state index in [9.17, 15) is 18.0 Å². The van der Waals surface area contributed by atoms with E-state index < -0.39 is 17.6 Å². The molecule has 3 N–H and O–H groups in total. The van der Waals surface area contributed by atoms with E-state index >= 15 is 0 Å². The van der Waals surface area contributed by atoms with Gasteiger partial charge in [-0.05, 0) is 43.2 Å². The highest BCUT2D eigenvalue weighted by Crippen LogP contribution is 2.34. The van der Waals surface area contributed by atoms with Crippen LogP contribution in [0.2, 0.25) is 0 Å². The zero-order valence-corrected chi connectivity index (χ0v) is 19.4. The molecular formula is C24H25F3N6O3. The van der Waals surface area contributed by atoms with Gasteiger partial charge in [0.05, 0.1) is 29.5 Å². The zero-order valence-electron chi connectivity index (χ0n) is 19.4. The second-order valence-corrected chi connectivity index (χ2v) is 8.02. The molecule has 9 nitrogen and oxygen atoms in total. The summed E-state index contributed by atoms with van der Waals surface area (Å²) in [6.07, 6.45) is -0.0283. The van der Waals surface area contributed by atoms with Crippen LogP contribution in [-0.4, -0.2) is 47.2 Å². The molecule has 1 aliphatic rings. The molecule has 0 radical (unpaired) electrons. The van der Waals surface area contributed by atoms with Gasteiger partial charge in [0.15, 0.2) is 0 Å². The molecule has 4 rings (SSSR count). The van der Waals surface area contributed by atoms with Crippen LogP contribution in [0.1, 0.15) is 34.5 Å². The number of hydrogen-bond donors (Lipinski definition) is 3. The van der Waals surface area contributed by atoms with Crippen molar-refractivity contribution in [1.82, 2.24) is 15.0 Å². The van der Waals surface area contributed by atoms with Gasteiger partial charge in [-0.1, -0.05) is 0 Å². The van der Waals surface area contributed by atoms with E-state index in [-0.39, 0.29) is 42.1 Å². The van der Waals surface area contributed by atoms with Gasteiger partial charge < -0.3 is 25.4 Å². The topological polar surface area (TPSA) is 110 Å². The first-order chi connectivity index (χ1) is 17.3. The van der Waals surface area contributed by atoms with Crippen molar-refractivity contribution < 1.29 is 27.4 Å². The van der Waals surface area contributed by atoms with Crippen molar-refractivity contribution in [3.8, 4) is 5.75 Å². The fourth-order valence-corrected chi connectivity index (χ4v) is 3.60. The molecule has 1 atom stereocenters. The van der Waals surface area contributed by atoms with E-state index in [1.54, 1.807) is 25.4 Å². The summed E-state index contributed by atoms with van der Waals surface area (Å²) < 4.78 is 51.5. The quantitative estimate of drug-likeness (QED) is 0.396. The van der Waals surface area contributed by atoms with Crippen molar-refractivity contribution in [2.24, 2.45) is 0 Å². The summed E-state index contributed by atoms with van der Waals surface area (Å²) in [6.45, 7) is 0.982. The third-order valence-corrected chi connectivity index (χ3v) is 5.38. The molecule has 1 aromatic carbocycles. The smallest absolute Gasteiger partial charge is 0.416 e. The molecule has 36 heavy (non-hydrogen) atoms. The van der Waals surface area contributed by atoms with Gasteiger partial charge in [-0.3, -0.25) is 4.79 Å². The Morgan fingerprint density at radius 1 is 1.19 bits per heavy atom. The maximum atomic E-state index is 13.5. The number of amides is 1. The standard InChI is InChI=1S/C24H25F3N6O3/c1-28-23-30-8-6-16(33-23)13-31-21-20(5-2-7-29-21)22(34)32-17-10-15(24(25,26)27)11-19(12-17)36-14-18-4-3-9-35-18/h2,5-8,10-12,18H,3-4,9,13-14H2,1H3,(H,29,31)(H,32,34)(H,28,30,33)/t18-/m0/s1. The van der Waals surface area contributed by atoms with Gasteiger partial charge in [-0.15, -0.1) is 0 Å². The van der Waals surface area contributed by atoms with Gasteiger partial charge in [0.2, 0.25) is 5.95 Å². The van der Waals surface area contributed by atoms with E-state index in [0.717, 1.165) is 25.0 Å². The second kappa shape index (κ2) is 11.2. The Morgan fingerprint density at radius 3 is 2.81 bits per heavy atom. The molecular weight excluding hydrogens is 477 g/mol.